The zero-order valence-corrected chi connectivity index (χ0v) is 19.6. The number of carbonyl (C=O) groups excluding carboxylic acids is 2. The second-order valence-electron chi connectivity index (χ2n) is 8.67. The molecule has 2 aliphatic rings. The van der Waals surface area contributed by atoms with Crippen molar-refractivity contribution in [1.82, 2.24) is 14.7 Å². The summed E-state index contributed by atoms with van der Waals surface area (Å²) in [6, 6.07) is 14.0. The van der Waals surface area contributed by atoms with Gasteiger partial charge in [-0.05, 0) is 37.0 Å². The fourth-order valence-electron chi connectivity index (χ4n) is 4.84. The minimum atomic E-state index is -0.866. The summed E-state index contributed by atoms with van der Waals surface area (Å²) in [6.45, 7) is 2.76. The molecule has 8 heteroatoms. The maximum absolute atomic E-state index is 14.3. The second-order valence-corrected chi connectivity index (χ2v) is 9.07. The molecule has 0 bridgehead atoms. The number of urea groups is 1. The molecule has 0 N–H and O–H groups in total. The summed E-state index contributed by atoms with van der Waals surface area (Å²) in [4.78, 5) is 32.2. The topological polar surface area (TPSA) is 53.1 Å². The van der Waals surface area contributed by atoms with Gasteiger partial charge in [0.1, 0.15) is 11.4 Å². The smallest absolute Gasteiger partial charge is 0.327 e. The number of halogens is 2. The van der Waals surface area contributed by atoms with Crippen LogP contribution < -0.4 is 0 Å². The van der Waals surface area contributed by atoms with E-state index in [0.29, 0.717) is 62.6 Å². The van der Waals surface area contributed by atoms with Gasteiger partial charge in [-0.25, -0.2) is 9.18 Å². The van der Waals surface area contributed by atoms with Gasteiger partial charge in [0, 0.05) is 50.5 Å². The molecule has 0 saturated carbocycles. The van der Waals surface area contributed by atoms with Crippen molar-refractivity contribution in [3.63, 3.8) is 0 Å². The number of carbonyl (C=O) groups is 2. The first-order chi connectivity index (χ1) is 16.0. The normalized spacial score (nSPS) is 18.5. The van der Waals surface area contributed by atoms with E-state index in [1.54, 1.807) is 24.1 Å². The number of hydrogen-bond acceptors (Lipinski definition) is 4. The van der Waals surface area contributed by atoms with Crippen molar-refractivity contribution in [3.8, 4) is 0 Å². The van der Waals surface area contributed by atoms with Crippen molar-refractivity contribution in [2.75, 3.05) is 33.4 Å². The van der Waals surface area contributed by atoms with Gasteiger partial charge in [-0.3, -0.25) is 14.6 Å². The molecule has 6 nitrogen and oxygen atoms in total. The van der Waals surface area contributed by atoms with Crippen LogP contribution in [0, 0.1) is 5.82 Å². The molecule has 1 spiro atoms. The van der Waals surface area contributed by atoms with Crippen LogP contribution in [0.5, 0.6) is 0 Å². The van der Waals surface area contributed by atoms with E-state index in [2.05, 4.69) is 4.90 Å². The molecule has 0 unspecified atom stereocenters. The molecule has 0 radical (unpaired) electrons. The summed E-state index contributed by atoms with van der Waals surface area (Å²) in [7, 11) is 1.63. The predicted molar refractivity (Wildman–Crippen MR) is 124 cm³/mol. The van der Waals surface area contributed by atoms with E-state index < -0.39 is 5.54 Å². The highest BCUT2D eigenvalue weighted by atomic mass is 35.5. The van der Waals surface area contributed by atoms with Gasteiger partial charge in [0.05, 0.1) is 6.54 Å². The third kappa shape index (κ3) is 4.76. The summed E-state index contributed by atoms with van der Waals surface area (Å²) in [5, 5.41) is 0.401. The van der Waals surface area contributed by atoms with Crippen LogP contribution in [0.4, 0.5) is 9.18 Å². The number of ether oxygens (including phenoxy) is 1. The third-order valence-electron chi connectivity index (χ3n) is 6.66. The number of benzene rings is 2. The first kappa shape index (κ1) is 23.7. The molecule has 2 aromatic carbocycles. The number of piperidine rings is 1. The van der Waals surface area contributed by atoms with Gasteiger partial charge < -0.3 is 9.64 Å². The van der Waals surface area contributed by atoms with Gasteiger partial charge in [0.25, 0.3) is 5.91 Å². The highest BCUT2D eigenvalue weighted by molar-refractivity contribution is 6.31. The van der Waals surface area contributed by atoms with E-state index >= 15 is 0 Å². The first-order valence-electron chi connectivity index (χ1n) is 11.3. The molecule has 2 heterocycles. The van der Waals surface area contributed by atoms with Crippen LogP contribution in [0.1, 0.15) is 30.4 Å². The lowest BCUT2D eigenvalue weighted by atomic mass is 9.85. The Morgan fingerprint density at radius 3 is 2.42 bits per heavy atom. The molecule has 3 amide bonds. The highest BCUT2D eigenvalue weighted by Gasteiger charge is 2.57. The third-order valence-corrected chi connectivity index (χ3v) is 7.02. The molecule has 2 aliphatic heterocycles. The maximum Gasteiger partial charge on any atom is 0.327 e. The summed E-state index contributed by atoms with van der Waals surface area (Å²) in [5.41, 5.74) is 0.515. The van der Waals surface area contributed by atoms with Crippen LogP contribution in [0.15, 0.2) is 48.5 Å². The number of imide groups is 1. The molecule has 176 valence electrons. The van der Waals surface area contributed by atoms with Crippen LogP contribution in [-0.4, -0.2) is 65.5 Å². The van der Waals surface area contributed by atoms with Crippen molar-refractivity contribution < 1.29 is 18.7 Å². The Bertz CT molecular complexity index is 975. The maximum atomic E-state index is 14.3. The monoisotopic (exact) mass is 473 g/mol. The van der Waals surface area contributed by atoms with Gasteiger partial charge in [-0.1, -0.05) is 48.0 Å². The number of likely N-dealkylation sites (tertiary alicyclic amines) is 1. The molecule has 2 saturated heterocycles. The standard InChI is InChI=1S/C25H29ClFN3O3/c1-33-16-6-13-30-24(32)29(17-19-7-3-2-4-8-19)23(31)25(30)11-14-28(15-12-25)18-20-21(26)9-5-10-22(20)27/h2-5,7-10H,6,11-18H2,1H3. The van der Waals surface area contributed by atoms with Gasteiger partial charge in [-0.2, -0.15) is 0 Å². The van der Waals surface area contributed by atoms with E-state index in [-0.39, 0.29) is 24.3 Å². The molecule has 0 aromatic heterocycles. The zero-order chi connectivity index (χ0) is 23.4. The van der Waals surface area contributed by atoms with Gasteiger partial charge in [-0.15, -0.1) is 0 Å². The van der Waals surface area contributed by atoms with Crippen LogP contribution >= 0.6 is 11.6 Å². The molecule has 2 aromatic rings. The van der Waals surface area contributed by atoms with Crippen LogP contribution in [0.25, 0.3) is 0 Å². The summed E-state index contributed by atoms with van der Waals surface area (Å²) < 4.78 is 19.4. The number of hydrogen-bond donors (Lipinski definition) is 0. The second kappa shape index (κ2) is 10.2. The number of nitrogens with zero attached hydrogens (tertiary/aromatic N) is 3. The quantitative estimate of drug-likeness (QED) is 0.423. The fraction of sp³-hybridized carbons (Fsp3) is 0.440. The Hall–Kier alpha value is -2.48. The Kier molecular flexibility index (Phi) is 7.32. The van der Waals surface area contributed by atoms with E-state index in [4.69, 9.17) is 16.3 Å². The molecule has 33 heavy (non-hydrogen) atoms. The van der Waals surface area contributed by atoms with Crippen molar-refractivity contribution in [2.45, 2.75) is 37.9 Å². The Balaban J connectivity index is 1.52. The SMILES string of the molecule is COCCCN1C(=O)N(Cc2ccccc2)C(=O)C12CCN(Cc1c(F)cccc1Cl)CC2. The van der Waals surface area contributed by atoms with Crippen LogP contribution in [0.3, 0.4) is 0 Å². The average Bonchev–Trinajstić information content (AvgIpc) is 3.00. The first-order valence-corrected chi connectivity index (χ1v) is 11.7. The lowest BCUT2D eigenvalue weighted by Crippen LogP contribution is -2.56. The van der Waals surface area contributed by atoms with Crippen molar-refractivity contribution in [3.05, 3.63) is 70.5 Å². The number of methoxy groups -OCH3 is 1. The zero-order valence-electron chi connectivity index (χ0n) is 18.8. The molecule has 2 fully saturated rings. The largest absolute Gasteiger partial charge is 0.385 e. The van der Waals surface area contributed by atoms with E-state index in [1.807, 2.05) is 30.3 Å². The molecule has 0 atom stereocenters. The lowest BCUT2D eigenvalue weighted by Gasteiger charge is -2.42. The average molecular weight is 474 g/mol. The number of amides is 3. The van der Waals surface area contributed by atoms with Crippen LogP contribution in [0.2, 0.25) is 5.02 Å². The van der Waals surface area contributed by atoms with Crippen LogP contribution in [-0.2, 0) is 22.6 Å². The number of rotatable bonds is 8. The van der Waals surface area contributed by atoms with Crippen molar-refractivity contribution in [1.29, 1.82) is 0 Å². The molecule has 0 aliphatic carbocycles. The fourth-order valence-corrected chi connectivity index (χ4v) is 5.06. The Morgan fingerprint density at radius 1 is 1.03 bits per heavy atom. The summed E-state index contributed by atoms with van der Waals surface area (Å²) >= 11 is 6.21. The van der Waals surface area contributed by atoms with Crippen molar-refractivity contribution >= 4 is 23.5 Å². The Labute approximate surface area is 198 Å². The summed E-state index contributed by atoms with van der Waals surface area (Å²) in [6.07, 6.45) is 1.66. The van der Waals surface area contributed by atoms with E-state index in [1.165, 1.54) is 11.0 Å². The van der Waals surface area contributed by atoms with Gasteiger partial charge >= 0.3 is 6.03 Å². The molecule has 4 rings (SSSR count). The van der Waals surface area contributed by atoms with E-state index in [9.17, 15) is 14.0 Å². The molecular formula is C25H29ClFN3O3. The van der Waals surface area contributed by atoms with E-state index in [0.717, 1.165) is 5.56 Å². The molecular weight excluding hydrogens is 445 g/mol. The van der Waals surface area contributed by atoms with Gasteiger partial charge in [0.2, 0.25) is 0 Å². The minimum Gasteiger partial charge on any atom is -0.385 e. The van der Waals surface area contributed by atoms with Crippen molar-refractivity contribution in [2.24, 2.45) is 0 Å². The lowest BCUT2D eigenvalue weighted by molar-refractivity contribution is -0.136. The minimum absolute atomic E-state index is 0.141. The highest BCUT2D eigenvalue weighted by Crippen LogP contribution is 2.38. The summed E-state index contributed by atoms with van der Waals surface area (Å²) in [5.74, 6) is -0.470. The Morgan fingerprint density at radius 2 is 1.76 bits per heavy atom. The van der Waals surface area contributed by atoms with Gasteiger partial charge in [0.15, 0.2) is 0 Å². The predicted octanol–water partition coefficient (Wildman–Crippen LogP) is 4.31.